The number of halogens is 1. The Morgan fingerprint density at radius 3 is 2.61 bits per heavy atom. The fraction of sp³-hybridized carbons (Fsp3) is 0.318. The molecular weight excluding hydrogens is 376 g/mol. The van der Waals surface area contributed by atoms with Crippen LogP contribution in [0.2, 0.25) is 5.02 Å². The Balaban J connectivity index is 1.80. The molecule has 28 heavy (non-hydrogen) atoms. The summed E-state index contributed by atoms with van der Waals surface area (Å²) < 4.78 is 11.4. The van der Waals surface area contributed by atoms with Crippen molar-refractivity contribution < 1.29 is 14.3 Å². The third kappa shape index (κ3) is 4.49. The highest BCUT2D eigenvalue weighted by molar-refractivity contribution is 6.36. The van der Waals surface area contributed by atoms with E-state index in [1.54, 1.807) is 19.2 Å². The summed E-state index contributed by atoms with van der Waals surface area (Å²) >= 11 is 6.09. The van der Waals surface area contributed by atoms with Crippen LogP contribution >= 0.6 is 11.6 Å². The molecule has 148 valence electrons. The van der Waals surface area contributed by atoms with E-state index in [2.05, 4.69) is 24.1 Å². The molecule has 0 fully saturated rings. The molecule has 0 saturated carbocycles. The van der Waals surface area contributed by atoms with Crippen molar-refractivity contribution in [1.82, 2.24) is 4.90 Å². The van der Waals surface area contributed by atoms with Gasteiger partial charge < -0.3 is 19.7 Å². The highest BCUT2D eigenvalue weighted by atomic mass is 35.5. The average molecular weight is 401 g/mol. The van der Waals surface area contributed by atoms with Crippen molar-refractivity contribution in [3.05, 3.63) is 52.5 Å². The molecule has 2 aromatic carbocycles. The molecule has 0 radical (unpaired) electrons. The number of fused-ring (bicyclic) bond motifs is 1. The molecule has 0 aromatic heterocycles. The number of likely N-dealkylation sites (N-methyl/N-ethyl adjacent to an activating group) is 1. The lowest BCUT2D eigenvalue weighted by atomic mass is 10.0. The van der Waals surface area contributed by atoms with E-state index < -0.39 is 0 Å². The van der Waals surface area contributed by atoms with Crippen LogP contribution in [0.25, 0.3) is 11.6 Å². The number of carbonyl (C=O) groups excluding carboxylic acids is 1. The summed E-state index contributed by atoms with van der Waals surface area (Å²) in [5.41, 5.74) is 3.00. The molecule has 0 spiro atoms. The fourth-order valence-corrected chi connectivity index (χ4v) is 3.36. The summed E-state index contributed by atoms with van der Waals surface area (Å²) in [4.78, 5) is 14.6. The van der Waals surface area contributed by atoms with Gasteiger partial charge in [-0.25, -0.2) is 0 Å². The van der Waals surface area contributed by atoms with Crippen molar-refractivity contribution in [1.29, 1.82) is 0 Å². The van der Waals surface area contributed by atoms with Gasteiger partial charge in [0.05, 0.1) is 7.11 Å². The highest BCUT2D eigenvalue weighted by Crippen LogP contribution is 2.36. The van der Waals surface area contributed by atoms with Gasteiger partial charge in [-0.3, -0.25) is 4.79 Å². The van der Waals surface area contributed by atoms with Crippen LogP contribution in [0, 0.1) is 0 Å². The summed E-state index contributed by atoms with van der Waals surface area (Å²) in [6, 6.07) is 11.0. The number of hydrogen-bond donors (Lipinski definition) is 1. The SMILES string of the molecule is CCN(CC)CCOc1ccc(/C=C2\C(=O)Nc3ccc(Cl)cc32)cc1OC. The molecule has 0 atom stereocenters. The molecule has 1 N–H and O–H groups in total. The predicted molar refractivity (Wildman–Crippen MR) is 114 cm³/mol. The van der Waals surface area contributed by atoms with Gasteiger partial charge in [-0.15, -0.1) is 0 Å². The van der Waals surface area contributed by atoms with Crippen molar-refractivity contribution in [2.75, 3.05) is 38.7 Å². The van der Waals surface area contributed by atoms with E-state index >= 15 is 0 Å². The van der Waals surface area contributed by atoms with Crippen molar-refractivity contribution in [3.63, 3.8) is 0 Å². The molecule has 0 aliphatic carbocycles. The third-order valence-corrected chi connectivity index (χ3v) is 5.06. The minimum atomic E-state index is -0.143. The van der Waals surface area contributed by atoms with Crippen LogP contribution in [0.4, 0.5) is 5.69 Å². The minimum absolute atomic E-state index is 0.143. The van der Waals surface area contributed by atoms with Crippen LogP contribution < -0.4 is 14.8 Å². The van der Waals surface area contributed by atoms with Crippen LogP contribution in [0.5, 0.6) is 11.5 Å². The van der Waals surface area contributed by atoms with Crippen LogP contribution in [0.15, 0.2) is 36.4 Å². The molecule has 2 aromatic rings. The van der Waals surface area contributed by atoms with E-state index in [1.165, 1.54) is 0 Å². The first-order valence-corrected chi connectivity index (χ1v) is 9.79. The lowest BCUT2D eigenvalue weighted by molar-refractivity contribution is -0.110. The molecule has 1 aliphatic heterocycles. The summed E-state index contributed by atoms with van der Waals surface area (Å²) in [5.74, 6) is 1.19. The maximum Gasteiger partial charge on any atom is 0.256 e. The van der Waals surface area contributed by atoms with Gasteiger partial charge >= 0.3 is 0 Å². The highest BCUT2D eigenvalue weighted by Gasteiger charge is 2.24. The Bertz CT molecular complexity index is 891. The number of anilines is 1. The second-order valence-electron chi connectivity index (χ2n) is 6.49. The zero-order valence-electron chi connectivity index (χ0n) is 16.4. The molecular formula is C22H25ClN2O3. The molecule has 1 amide bonds. The topological polar surface area (TPSA) is 50.8 Å². The molecule has 0 unspecified atom stereocenters. The number of methoxy groups -OCH3 is 1. The number of nitrogens with one attached hydrogen (secondary N) is 1. The Labute approximate surface area is 170 Å². The molecule has 1 heterocycles. The Morgan fingerprint density at radius 1 is 1.11 bits per heavy atom. The third-order valence-electron chi connectivity index (χ3n) is 4.82. The van der Waals surface area contributed by atoms with E-state index in [4.69, 9.17) is 21.1 Å². The maximum absolute atomic E-state index is 12.3. The van der Waals surface area contributed by atoms with Crippen molar-refractivity contribution in [3.8, 4) is 11.5 Å². The first kappa shape index (κ1) is 20.2. The molecule has 6 heteroatoms. The van der Waals surface area contributed by atoms with Crippen LogP contribution in [-0.2, 0) is 4.79 Å². The number of amides is 1. The Kier molecular flexibility index (Phi) is 6.60. The smallest absolute Gasteiger partial charge is 0.256 e. The van der Waals surface area contributed by atoms with Crippen molar-refractivity contribution in [2.24, 2.45) is 0 Å². The molecule has 0 saturated heterocycles. The second kappa shape index (κ2) is 9.13. The van der Waals surface area contributed by atoms with Gasteiger partial charge in [0.2, 0.25) is 0 Å². The predicted octanol–water partition coefficient (Wildman–Crippen LogP) is 4.56. The lowest BCUT2D eigenvalue weighted by Gasteiger charge is -2.18. The maximum atomic E-state index is 12.3. The number of ether oxygens (including phenoxy) is 2. The first-order valence-electron chi connectivity index (χ1n) is 9.41. The van der Waals surface area contributed by atoms with Gasteiger partial charge in [-0.05, 0) is 55.1 Å². The normalized spacial score (nSPS) is 14.3. The minimum Gasteiger partial charge on any atom is -0.493 e. The standard InChI is InChI=1S/C22H25ClN2O3/c1-4-25(5-2)10-11-28-20-9-6-15(13-21(20)27-3)12-18-17-14-16(23)7-8-19(17)24-22(18)26/h6-9,12-14H,4-5,10-11H2,1-3H3,(H,24,26)/b18-12-. The van der Waals surface area contributed by atoms with E-state index in [0.717, 1.165) is 36.4 Å². The molecule has 3 rings (SSSR count). The van der Waals surface area contributed by atoms with E-state index in [-0.39, 0.29) is 5.91 Å². The Hall–Kier alpha value is -2.50. The van der Waals surface area contributed by atoms with Crippen LogP contribution in [-0.4, -0.2) is 44.2 Å². The van der Waals surface area contributed by atoms with Crippen molar-refractivity contribution in [2.45, 2.75) is 13.8 Å². The zero-order valence-corrected chi connectivity index (χ0v) is 17.2. The average Bonchev–Trinajstić information content (AvgIpc) is 3.00. The fourth-order valence-electron chi connectivity index (χ4n) is 3.19. The van der Waals surface area contributed by atoms with Crippen molar-refractivity contribution >= 4 is 34.8 Å². The summed E-state index contributed by atoms with van der Waals surface area (Å²) in [7, 11) is 1.61. The van der Waals surface area contributed by atoms with Crippen LogP contribution in [0.3, 0.4) is 0 Å². The quantitative estimate of drug-likeness (QED) is 0.660. The van der Waals surface area contributed by atoms with E-state index in [1.807, 2.05) is 30.3 Å². The number of carbonyl (C=O) groups is 1. The number of benzene rings is 2. The summed E-state index contributed by atoms with van der Waals surface area (Å²) in [6.45, 7) is 7.72. The van der Waals surface area contributed by atoms with Gasteiger partial charge in [0, 0.05) is 28.4 Å². The first-order chi connectivity index (χ1) is 13.5. The van der Waals surface area contributed by atoms with Gasteiger partial charge in [-0.1, -0.05) is 31.5 Å². The number of hydrogen-bond acceptors (Lipinski definition) is 4. The van der Waals surface area contributed by atoms with Gasteiger partial charge in [0.15, 0.2) is 11.5 Å². The lowest BCUT2D eigenvalue weighted by Crippen LogP contribution is -2.27. The summed E-state index contributed by atoms with van der Waals surface area (Å²) in [6.07, 6.45) is 1.83. The summed E-state index contributed by atoms with van der Waals surface area (Å²) in [5, 5.41) is 3.45. The molecule has 1 aliphatic rings. The zero-order chi connectivity index (χ0) is 20.1. The van der Waals surface area contributed by atoms with E-state index in [0.29, 0.717) is 28.7 Å². The monoisotopic (exact) mass is 400 g/mol. The largest absolute Gasteiger partial charge is 0.493 e. The van der Waals surface area contributed by atoms with Gasteiger partial charge in [0.25, 0.3) is 5.91 Å². The second-order valence-corrected chi connectivity index (χ2v) is 6.92. The van der Waals surface area contributed by atoms with Gasteiger partial charge in [0.1, 0.15) is 6.61 Å². The molecule has 0 bridgehead atoms. The van der Waals surface area contributed by atoms with Crippen LogP contribution in [0.1, 0.15) is 25.0 Å². The molecule has 5 nitrogen and oxygen atoms in total. The number of nitrogens with zero attached hydrogens (tertiary/aromatic N) is 1. The van der Waals surface area contributed by atoms with E-state index in [9.17, 15) is 4.79 Å². The van der Waals surface area contributed by atoms with Gasteiger partial charge in [-0.2, -0.15) is 0 Å². The number of rotatable bonds is 8. The Morgan fingerprint density at radius 2 is 1.89 bits per heavy atom.